The minimum Gasteiger partial charge on any atom is -0.481 e. The molecule has 0 spiro atoms. The Bertz CT molecular complexity index is 1080. The number of ketones is 1. The minimum atomic E-state index is -1.00. The SMILES string of the molecule is Cc1nnc2ccc(Oc3c(Br)cc(C(=O)CCC(=O)O)cc3Br)cc2c1C. The number of aryl methyl sites for hydroxylation is 2. The molecule has 0 radical (unpaired) electrons. The second-order valence-corrected chi connectivity index (χ2v) is 7.99. The lowest BCUT2D eigenvalue weighted by atomic mass is 10.1. The van der Waals surface area contributed by atoms with E-state index >= 15 is 0 Å². The van der Waals surface area contributed by atoms with Gasteiger partial charge in [0.25, 0.3) is 0 Å². The highest BCUT2D eigenvalue weighted by molar-refractivity contribution is 9.11. The molecule has 0 fully saturated rings. The standard InChI is InChI=1S/C20H16Br2N2O4/c1-10-11(2)23-24-17-4-3-13(9-14(10)17)28-20-15(21)7-12(8-16(20)22)18(25)5-6-19(26)27/h3-4,7-9H,5-6H2,1-2H3,(H,26,27). The Morgan fingerprint density at radius 3 is 2.36 bits per heavy atom. The molecule has 0 aliphatic heterocycles. The van der Waals surface area contributed by atoms with Crippen molar-refractivity contribution < 1.29 is 19.4 Å². The normalized spacial score (nSPS) is 10.9. The average molecular weight is 508 g/mol. The summed E-state index contributed by atoms with van der Waals surface area (Å²) in [7, 11) is 0. The van der Waals surface area contributed by atoms with Gasteiger partial charge in [0.15, 0.2) is 11.5 Å². The zero-order valence-electron chi connectivity index (χ0n) is 15.1. The summed E-state index contributed by atoms with van der Waals surface area (Å²) in [6.07, 6.45) is -0.260. The highest BCUT2D eigenvalue weighted by Crippen LogP contribution is 2.39. The van der Waals surface area contributed by atoms with Gasteiger partial charge in [-0.3, -0.25) is 9.59 Å². The van der Waals surface area contributed by atoms with Crippen molar-refractivity contribution in [1.82, 2.24) is 10.2 Å². The third-order valence-corrected chi connectivity index (χ3v) is 5.51. The summed E-state index contributed by atoms with van der Waals surface area (Å²) in [6, 6.07) is 8.81. The predicted molar refractivity (Wildman–Crippen MR) is 112 cm³/mol. The molecule has 2 aromatic carbocycles. The maximum absolute atomic E-state index is 12.2. The summed E-state index contributed by atoms with van der Waals surface area (Å²) in [4.78, 5) is 22.8. The number of carbonyl (C=O) groups excluding carboxylic acids is 1. The van der Waals surface area contributed by atoms with E-state index < -0.39 is 5.97 Å². The lowest BCUT2D eigenvalue weighted by molar-refractivity contribution is -0.136. The number of aromatic nitrogens is 2. The van der Waals surface area contributed by atoms with E-state index in [0.717, 1.165) is 22.2 Å². The number of benzene rings is 2. The van der Waals surface area contributed by atoms with E-state index in [1.165, 1.54) is 0 Å². The van der Waals surface area contributed by atoms with E-state index in [1.54, 1.807) is 18.2 Å². The van der Waals surface area contributed by atoms with Crippen molar-refractivity contribution in [3.8, 4) is 11.5 Å². The molecule has 3 aromatic rings. The first-order chi connectivity index (χ1) is 13.3. The van der Waals surface area contributed by atoms with Gasteiger partial charge in [-0.25, -0.2) is 0 Å². The van der Waals surface area contributed by atoms with Crippen LogP contribution in [0.25, 0.3) is 10.9 Å². The van der Waals surface area contributed by atoms with Crippen molar-refractivity contribution in [2.45, 2.75) is 26.7 Å². The number of ether oxygens (including phenoxy) is 1. The number of nitrogens with zero attached hydrogens (tertiary/aromatic N) is 2. The van der Waals surface area contributed by atoms with E-state index in [-0.39, 0.29) is 18.6 Å². The Balaban J connectivity index is 1.90. The summed E-state index contributed by atoms with van der Waals surface area (Å²) in [5.41, 5.74) is 3.09. The van der Waals surface area contributed by atoms with Crippen molar-refractivity contribution in [2.75, 3.05) is 0 Å². The Kier molecular flexibility index (Phi) is 6.10. The lowest BCUT2D eigenvalue weighted by Gasteiger charge is -2.13. The predicted octanol–water partition coefficient (Wildman–Crippen LogP) is 5.61. The van der Waals surface area contributed by atoms with Crippen molar-refractivity contribution in [1.29, 1.82) is 0 Å². The van der Waals surface area contributed by atoms with Crippen LogP contribution in [0.4, 0.5) is 0 Å². The molecular formula is C20H16Br2N2O4. The first kappa shape index (κ1) is 20.4. The summed E-state index contributed by atoms with van der Waals surface area (Å²) in [5, 5.41) is 18.0. The number of halogens is 2. The molecule has 6 nitrogen and oxygen atoms in total. The van der Waals surface area contributed by atoms with Gasteiger partial charge in [-0.05, 0) is 81.6 Å². The fraction of sp³-hybridized carbons (Fsp3) is 0.200. The highest BCUT2D eigenvalue weighted by Gasteiger charge is 2.16. The van der Waals surface area contributed by atoms with Gasteiger partial charge in [-0.15, -0.1) is 0 Å². The number of carbonyl (C=O) groups is 2. The average Bonchev–Trinajstić information content (AvgIpc) is 2.65. The summed E-state index contributed by atoms with van der Waals surface area (Å²) in [5.74, 6) is -0.108. The van der Waals surface area contributed by atoms with Crippen molar-refractivity contribution in [3.63, 3.8) is 0 Å². The van der Waals surface area contributed by atoms with Gasteiger partial charge in [0, 0.05) is 17.4 Å². The summed E-state index contributed by atoms with van der Waals surface area (Å²) < 4.78 is 7.20. The van der Waals surface area contributed by atoms with Crippen molar-refractivity contribution in [2.24, 2.45) is 0 Å². The molecule has 28 heavy (non-hydrogen) atoms. The maximum Gasteiger partial charge on any atom is 0.303 e. The Hall–Kier alpha value is -2.32. The molecule has 0 aliphatic rings. The number of rotatable bonds is 6. The van der Waals surface area contributed by atoms with Crippen LogP contribution in [-0.4, -0.2) is 27.1 Å². The summed E-state index contributed by atoms with van der Waals surface area (Å²) in [6.45, 7) is 3.89. The van der Waals surface area contributed by atoms with Crippen LogP contribution in [0.2, 0.25) is 0 Å². The number of Topliss-reactive ketones (excluding diaryl/α,β-unsaturated/α-hetero) is 1. The van der Waals surface area contributed by atoms with Gasteiger partial charge in [-0.1, -0.05) is 0 Å². The monoisotopic (exact) mass is 506 g/mol. The van der Waals surface area contributed by atoms with Crippen LogP contribution < -0.4 is 4.74 Å². The molecule has 0 atom stereocenters. The van der Waals surface area contributed by atoms with Gasteiger partial charge in [-0.2, -0.15) is 10.2 Å². The van der Waals surface area contributed by atoms with Crippen LogP contribution >= 0.6 is 31.9 Å². The summed E-state index contributed by atoms with van der Waals surface area (Å²) >= 11 is 6.87. The van der Waals surface area contributed by atoms with E-state index in [4.69, 9.17) is 9.84 Å². The van der Waals surface area contributed by atoms with Crippen LogP contribution in [0.3, 0.4) is 0 Å². The molecule has 3 rings (SSSR count). The lowest BCUT2D eigenvalue weighted by Crippen LogP contribution is -2.04. The smallest absolute Gasteiger partial charge is 0.303 e. The molecular weight excluding hydrogens is 492 g/mol. The quantitative estimate of drug-likeness (QED) is 0.436. The van der Waals surface area contributed by atoms with Gasteiger partial charge in [0.05, 0.1) is 26.6 Å². The Morgan fingerprint density at radius 1 is 1.04 bits per heavy atom. The van der Waals surface area contributed by atoms with Gasteiger partial charge >= 0.3 is 5.97 Å². The van der Waals surface area contributed by atoms with Crippen molar-refractivity contribution >= 4 is 54.5 Å². The number of aliphatic carboxylic acids is 1. The first-order valence-corrected chi connectivity index (χ1v) is 10.0. The van der Waals surface area contributed by atoms with E-state index in [9.17, 15) is 9.59 Å². The second kappa shape index (κ2) is 8.36. The molecule has 0 unspecified atom stereocenters. The van der Waals surface area contributed by atoms with Crippen LogP contribution in [0.5, 0.6) is 11.5 Å². The van der Waals surface area contributed by atoms with E-state index in [2.05, 4.69) is 42.1 Å². The fourth-order valence-electron chi connectivity index (χ4n) is 2.67. The van der Waals surface area contributed by atoms with E-state index in [1.807, 2.05) is 26.0 Å². The zero-order valence-corrected chi connectivity index (χ0v) is 18.3. The van der Waals surface area contributed by atoms with E-state index in [0.29, 0.717) is 26.0 Å². The van der Waals surface area contributed by atoms with Gasteiger partial charge in [0.2, 0.25) is 0 Å². The molecule has 0 saturated heterocycles. The molecule has 144 valence electrons. The minimum absolute atomic E-state index is 0.0568. The topological polar surface area (TPSA) is 89.4 Å². The Labute approximate surface area is 178 Å². The zero-order chi connectivity index (χ0) is 20.4. The largest absolute Gasteiger partial charge is 0.481 e. The van der Waals surface area contributed by atoms with Crippen LogP contribution in [0.15, 0.2) is 39.3 Å². The highest BCUT2D eigenvalue weighted by atomic mass is 79.9. The number of carboxylic acids is 1. The van der Waals surface area contributed by atoms with Crippen LogP contribution in [0, 0.1) is 13.8 Å². The van der Waals surface area contributed by atoms with Crippen LogP contribution in [0.1, 0.15) is 34.5 Å². The fourth-order valence-corrected chi connectivity index (χ4v) is 4.01. The number of fused-ring (bicyclic) bond motifs is 1. The molecule has 0 bridgehead atoms. The number of hydrogen-bond acceptors (Lipinski definition) is 5. The maximum atomic E-state index is 12.2. The Morgan fingerprint density at radius 2 is 1.71 bits per heavy atom. The van der Waals surface area contributed by atoms with Crippen molar-refractivity contribution in [3.05, 3.63) is 56.1 Å². The third kappa shape index (κ3) is 4.39. The third-order valence-electron chi connectivity index (χ3n) is 4.33. The molecule has 0 aliphatic carbocycles. The molecule has 1 aromatic heterocycles. The molecule has 0 saturated carbocycles. The first-order valence-electron chi connectivity index (χ1n) is 8.42. The van der Waals surface area contributed by atoms with Gasteiger partial charge in [0.1, 0.15) is 5.75 Å². The van der Waals surface area contributed by atoms with Gasteiger partial charge < -0.3 is 9.84 Å². The second-order valence-electron chi connectivity index (χ2n) is 6.28. The molecule has 1 N–H and O–H groups in total. The number of carboxylic acid groups (broad SMARTS) is 1. The number of hydrogen-bond donors (Lipinski definition) is 1. The molecule has 8 heteroatoms. The molecule has 1 heterocycles. The van der Waals surface area contributed by atoms with Crippen LogP contribution in [-0.2, 0) is 4.79 Å². The molecule has 0 amide bonds.